The van der Waals surface area contributed by atoms with Gasteiger partial charge in [0, 0.05) is 44.1 Å². The van der Waals surface area contributed by atoms with E-state index in [1.165, 1.54) is 0 Å². The van der Waals surface area contributed by atoms with Crippen molar-refractivity contribution in [3.05, 3.63) is 100 Å². The van der Waals surface area contributed by atoms with Gasteiger partial charge >= 0.3 is 0 Å². The molecule has 0 aliphatic carbocycles. The highest BCUT2D eigenvalue weighted by atomic mass is 35.5. The summed E-state index contributed by atoms with van der Waals surface area (Å²) in [4.78, 5) is 19.5. The van der Waals surface area contributed by atoms with Crippen LogP contribution in [0.4, 0.5) is 0 Å². The summed E-state index contributed by atoms with van der Waals surface area (Å²) < 4.78 is 1.94. The molecule has 40 heavy (non-hydrogen) atoms. The molecule has 0 aliphatic rings. The van der Waals surface area contributed by atoms with Gasteiger partial charge < -0.3 is 20.1 Å². The van der Waals surface area contributed by atoms with Gasteiger partial charge in [0.2, 0.25) is 5.91 Å². The molecule has 0 radical (unpaired) electrons. The monoisotopic (exact) mass is 596 g/mol. The van der Waals surface area contributed by atoms with Crippen LogP contribution in [-0.4, -0.2) is 44.6 Å². The molecule has 0 saturated heterocycles. The van der Waals surface area contributed by atoms with E-state index in [4.69, 9.17) is 40.7 Å². The zero-order valence-corrected chi connectivity index (χ0v) is 25.1. The van der Waals surface area contributed by atoms with Crippen LogP contribution in [0.1, 0.15) is 42.7 Å². The molecule has 0 unspecified atom stereocenters. The quantitative estimate of drug-likeness (QED) is 0.193. The Bertz CT molecular complexity index is 1350. The van der Waals surface area contributed by atoms with Gasteiger partial charge in [0.25, 0.3) is 0 Å². The molecule has 2 aromatic carbocycles. The molecular weight excluding hydrogens is 563 g/mol. The van der Waals surface area contributed by atoms with Crippen molar-refractivity contribution >= 4 is 46.4 Å². The van der Waals surface area contributed by atoms with Gasteiger partial charge in [0.15, 0.2) is 5.11 Å². The van der Waals surface area contributed by atoms with Crippen LogP contribution >= 0.6 is 35.4 Å². The summed E-state index contributed by atoms with van der Waals surface area (Å²) in [7, 11) is 0. The summed E-state index contributed by atoms with van der Waals surface area (Å²) in [6.07, 6.45) is 6.12. The Kier molecular flexibility index (Phi) is 12.0. The number of hydrogen-bond donors (Lipinski definition) is 2. The lowest BCUT2D eigenvalue weighted by Gasteiger charge is -2.31. The number of amides is 1. The predicted molar refractivity (Wildman–Crippen MR) is 165 cm³/mol. The Morgan fingerprint density at radius 3 is 2.67 bits per heavy atom. The zero-order valence-electron chi connectivity index (χ0n) is 22.7. The van der Waals surface area contributed by atoms with E-state index in [9.17, 15) is 4.79 Å². The number of carbonyl (C=O) groups excluding carboxylic acids is 1. The number of nitrogens with zero attached hydrogens (tertiary/aromatic N) is 4. The summed E-state index contributed by atoms with van der Waals surface area (Å²) in [5.74, 6) is 0.247. The number of nitrogens with one attached hydrogen (secondary N) is 2. The van der Waals surface area contributed by atoms with Crippen molar-refractivity contribution in [2.24, 2.45) is 5.92 Å². The Balaban J connectivity index is 1.73. The summed E-state index contributed by atoms with van der Waals surface area (Å²) in [5, 5.41) is 17.0. The molecule has 0 saturated carbocycles. The van der Waals surface area contributed by atoms with Gasteiger partial charge in [-0.15, -0.1) is 6.58 Å². The Morgan fingerprint density at radius 2 is 2.00 bits per heavy atom. The fraction of sp³-hybridized carbons (Fsp3) is 0.333. The van der Waals surface area contributed by atoms with Crippen LogP contribution in [0.25, 0.3) is 0 Å². The van der Waals surface area contributed by atoms with Crippen molar-refractivity contribution in [3.63, 3.8) is 0 Å². The van der Waals surface area contributed by atoms with E-state index in [1.807, 2.05) is 33.7 Å². The SMILES string of the molecule is C=CCNC(=S)N(Cc1cccc(Cl)c1Cl)C[C@H](CC(C)C)NC(=O)Cc1cncn1Cc1ccc(C#N)cc1. The van der Waals surface area contributed by atoms with E-state index in [1.54, 1.807) is 36.8 Å². The zero-order chi connectivity index (χ0) is 29.1. The number of hydrogen-bond acceptors (Lipinski definition) is 4. The largest absolute Gasteiger partial charge is 0.359 e. The molecular formula is C30H34Cl2N6OS. The molecule has 1 atom stereocenters. The van der Waals surface area contributed by atoms with Crippen molar-refractivity contribution in [1.29, 1.82) is 5.26 Å². The van der Waals surface area contributed by atoms with Crippen LogP contribution in [-0.2, 0) is 24.3 Å². The average Bonchev–Trinajstić information content (AvgIpc) is 3.35. The summed E-state index contributed by atoms with van der Waals surface area (Å²) in [6, 6.07) is 14.9. The minimum absolute atomic E-state index is 0.0991. The number of nitriles is 1. The molecule has 2 N–H and O–H groups in total. The van der Waals surface area contributed by atoms with Crippen LogP contribution in [0, 0.1) is 17.2 Å². The third-order valence-electron chi connectivity index (χ3n) is 6.22. The maximum atomic E-state index is 13.3. The van der Waals surface area contributed by atoms with E-state index in [0.29, 0.717) is 52.8 Å². The second-order valence-electron chi connectivity index (χ2n) is 9.96. The second-order valence-corrected chi connectivity index (χ2v) is 11.1. The van der Waals surface area contributed by atoms with Crippen LogP contribution < -0.4 is 10.6 Å². The first kappa shape index (κ1) is 31.2. The topological polar surface area (TPSA) is 86.0 Å². The average molecular weight is 598 g/mol. The van der Waals surface area contributed by atoms with Gasteiger partial charge in [0.05, 0.1) is 34.4 Å². The normalized spacial score (nSPS) is 11.5. The van der Waals surface area contributed by atoms with E-state index >= 15 is 0 Å². The molecule has 210 valence electrons. The Labute approximate surface area is 251 Å². The third-order valence-corrected chi connectivity index (χ3v) is 7.48. The van der Waals surface area contributed by atoms with E-state index in [-0.39, 0.29) is 18.4 Å². The molecule has 0 aliphatic heterocycles. The molecule has 0 fully saturated rings. The van der Waals surface area contributed by atoms with E-state index < -0.39 is 0 Å². The first-order valence-electron chi connectivity index (χ1n) is 13.0. The summed E-state index contributed by atoms with van der Waals surface area (Å²) in [6.45, 7) is 10.0. The maximum Gasteiger partial charge on any atom is 0.226 e. The molecule has 0 spiro atoms. The van der Waals surface area contributed by atoms with Gasteiger partial charge in [-0.2, -0.15) is 5.26 Å². The van der Waals surface area contributed by atoms with Gasteiger partial charge in [-0.25, -0.2) is 4.98 Å². The molecule has 1 amide bonds. The number of aromatic nitrogens is 2. The number of benzene rings is 2. The Hall–Kier alpha value is -3.38. The fourth-order valence-electron chi connectivity index (χ4n) is 4.34. The molecule has 1 aromatic heterocycles. The van der Waals surface area contributed by atoms with Crippen LogP contribution in [0.3, 0.4) is 0 Å². The standard InChI is InChI=1S/C30H34Cl2N6OS/c1-4-12-35-30(40)37(18-24-6-5-7-27(31)29(24)32)19-25(13-21(2)3)36-28(39)14-26-16-34-20-38(26)17-23-10-8-22(15-33)9-11-23/h4-11,16,20-21,25H,1,12-14,17-19H2,2-3H3,(H,35,40)(H,36,39)/t25-/m0/s1. The van der Waals surface area contributed by atoms with E-state index in [0.717, 1.165) is 23.2 Å². The molecule has 7 nitrogen and oxygen atoms in total. The lowest BCUT2D eigenvalue weighted by molar-refractivity contribution is -0.121. The van der Waals surface area contributed by atoms with Gasteiger partial charge in [-0.1, -0.05) is 67.4 Å². The highest BCUT2D eigenvalue weighted by molar-refractivity contribution is 7.80. The van der Waals surface area contributed by atoms with Crippen LogP contribution in [0.2, 0.25) is 10.0 Å². The third kappa shape index (κ3) is 9.37. The van der Waals surface area contributed by atoms with Gasteiger partial charge in [-0.3, -0.25) is 4.79 Å². The lowest BCUT2D eigenvalue weighted by atomic mass is 10.0. The van der Waals surface area contributed by atoms with Crippen molar-refractivity contribution < 1.29 is 4.79 Å². The predicted octanol–water partition coefficient (Wildman–Crippen LogP) is 5.75. The van der Waals surface area contributed by atoms with Gasteiger partial charge in [0.1, 0.15) is 0 Å². The van der Waals surface area contributed by atoms with E-state index in [2.05, 4.69) is 42.1 Å². The van der Waals surface area contributed by atoms with Crippen LogP contribution in [0.15, 0.2) is 67.6 Å². The number of imidazole rings is 1. The lowest BCUT2D eigenvalue weighted by Crippen LogP contribution is -2.49. The minimum Gasteiger partial charge on any atom is -0.359 e. The number of halogens is 2. The summed E-state index contributed by atoms with van der Waals surface area (Å²) in [5.41, 5.74) is 3.28. The highest BCUT2D eigenvalue weighted by Gasteiger charge is 2.22. The molecule has 1 heterocycles. The second kappa shape index (κ2) is 15.4. The Morgan fingerprint density at radius 1 is 1.25 bits per heavy atom. The number of thiocarbonyl (C=S) groups is 1. The van der Waals surface area contributed by atoms with Crippen LogP contribution in [0.5, 0.6) is 0 Å². The molecule has 10 heteroatoms. The highest BCUT2D eigenvalue weighted by Crippen LogP contribution is 2.27. The van der Waals surface area contributed by atoms with Crippen molar-refractivity contribution in [1.82, 2.24) is 25.1 Å². The minimum atomic E-state index is -0.163. The number of carbonyl (C=O) groups is 1. The molecule has 3 aromatic rings. The molecule has 0 bridgehead atoms. The van der Waals surface area contributed by atoms with Crippen molar-refractivity contribution in [3.8, 4) is 6.07 Å². The number of rotatable bonds is 13. The van der Waals surface area contributed by atoms with Gasteiger partial charge in [-0.05, 0) is 53.9 Å². The van der Waals surface area contributed by atoms with Crippen molar-refractivity contribution in [2.75, 3.05) is 13.1 Å². The first-order chi connectivity index (χ1) is 19.2. The fourth-order valence-corrected chi connectivity index (χ4v) is 4.95. The maximum absolute atomic E-state index is 13.3. The van der Waals surface area contributed by atoms with Crippen molar-refractivity contribution in [2.45, 2.75) is 45.8 Å². The first-order valence-corrected chi connectivity index (χ1v) is 14.2. The molecule has 3 rings (SSSR count). The smallest absolute Gasteiger partial charge is 0.226 e. The summed E-state index contributed by atoms with van der Waals surface area (Å²) >= 11 is 18.4.